The second kappa shape index (κ2) is 5.94. The molecule has 2 unspecified atom stereocenters. The molecule has 0 saturated carbocycles. The Labute approximate surface area is 88.0 Å². The maximum absolute atomic E-state index is 11.5. The minimum atomic E-state index is -0.776. The van der Waals surface area contributed by atoms with Gasteiger partial charge >= 0.3 is 0 Å². The maximum atomic E-state index is 11.5. The molecule has 0 bridgehead atoms. The Bertz CT molecular complexity index is 285. The van der Waals surface area contributed by atoms with Gasteiger partial charge in [-0.2, -0.15) is 0 Å². The molecule has 0 saturated heterocycles. The van der Waals surface area contributed by atoms with E-state index >= 15 is 0 Å². The minimum Gasteiger partial charge on any atom is -0.327 e. The summed E-state index contributed by atoms with van der Waals surface area (Å²) in [7, 11) is -0.776. The molecular formula is C11H17NOS. The second-order valence-corrected chi connectivity index (χ2v) is 5.14. The standard InChI is InChI=1S/C11H17NOS/c1-10(12)9-14(13)8-7-11-5-3-2-4-6-11/h2-6,10H,7-9,12H2,1H3. The molecule has 0 aliphatic rings. The first-order chi connectivity index (χ1) is 6.68. The number of aryl methyl sites for hydroxylation is 1. The van der Waals surface area contributed by atoms with Crippen molar-refractivity contribution in [1.82, 2.24) is 0 Å². The average molecular weight is 211 g/mol. The van der Waals surface area contributed by atoms with Crippen LogP contribution < -0.4 is 5.73 Å². The SMILES string of the molecule is CC(N)CS(=O)CCc1ccccc1. The van der Waals surface area contributed by atoms with Crippen LogP contribution in [0, 0.1) is 0 Å². The van der Waals surface area contributed by atoms with Crippen LogP contribution in [0.3, 0.4) is 0 Å². The van der Waals surface area contributed by atoms with E-state index in [0.29, 0.717) is 11.5 Å². The van der Waals surface area contributed by atoms with Crippen molar-refractivity contribution in [3.05, 3.63) is 35.9 Å². The van der Waals surface area contributed by atoms with E-state index in [1.54, 1.807) is 0 Å². The van der Waals surface area contributed by atoms with E-state index in [9.17, 15) is 4.21 Å². The summed E-state index contributed by atoms with van der Waals surface area (Å²) in [5, 5.41) is 0. The highest BCUT2D eigenvalue weighted by molar-refractivity contribution is 7.85. The molecule has 1 aromatic carbocycles. The van der Waals surface area contributed by atoms with Gasteiger partial charge in [0.1, 0.15) is 0 Å². The zero-order valence-corrected chi connectivity index (χ0v) is 9.30. The number of nitrogens with two attached hydrogens (primary N) is 1. The zero-order chi connectivity index (χ0) is 10.4. The molecule has 78 valence electrons. The smallest absolute Gasteiger partial charge is 0.0384 e. The summed E-state index contributed by atoms with van der Waals surface area (Å²) in [5.74, 6) is 1.32. The maximum Gasteiger partial charge on any atom is 0.0384 e. The lowest BCUT2D eigenvalue weighted by Gasteiger charge is -2.05. The summed E-state index contributed by atoms with van der Waals surface area (Å²) in [4.78, 5) is 0. The van der Waals surface area contributed by atoms with Crippen molar-refractivity contribution in [2.24, 2.45) is 5.73 Å². The van der Waals surface area contributed by atoms with Gasteiger partial charge in [0.05, 0.1) is 0 Å². The Kier molecular flexibility index (Phi) is 4.84. The van der Waals surface area contributed by atoms with Gasteiger partial charge in [-0.25, -0.2) is 0 Å². The van der Waals surface area contributed by atoms with Crippen LogP contribution in [0.4, 0.5) is 0 Å². The van der Waals surface area contributed by atoms with E-state index in [-0.39, 0.29) is 6.04 Å². The van der Waals surface area contributed by atoms with Crippen molar-refractivity contribution in [3.8, 4) is 0 Å². The first-order valence-electron chi connectivity index (χ1n) is 4.83. The van der Waals surface area contributed by atoms with Crippen molar-refractivity contribution in [2.75, 3.05) is 11.5 Å². The molecule has 2 atom stereocenters. The van der Waals surface area contributed by atoms with Crippen molar-refractivity contribution < 1.29 is 4.21 Å². The van der Waals surface area contributed by atoms with Gasteiger partial charge in [-0.05, 0) is 18.9 Å². The summed E-state index contributed by atoms with van der Waals surface area (Å²) in [6.45, 7) is 1.89. The van der Waals surface area contributed by atoms with Crippen molar-refractivity contribution in [2.45, 2.75) is 19.4 Å². The van der Waals surface area contributed by atoms with E-state index in [1.165, 1.54) is 5.56 Å². The van der Waals surface area contributed by atoms with Crippen LogP contribution in [0.2, 0.25) is 0 Å². The molecule has 0 radical (unpaired) electrons. The van der Waals surface area contributed by atoms with Gasteiger partial charge in [-0.15, -0.1) is 0 Å². The predicted octanol–water partition coefficient (Wildman–Crippen LogP) is 1.32. The number of benzene rings is 1. The second-order valence-electron chi connectivity index (χ2n) is 3.52. The van der Waals surface area contributed by atoms with Crippen LogP contribution in [0.1, 0.15) is 12.5 Å². The van der Waals surface area contributed by atoms with Gasteiger partial charge in [0.25, 0.3) is 0 Å². The summed E-state index contributed by atoms with van der Waals surface area (Å²) in [6, 6.07) is 10.1. The Balaban J connectivity index is 2.31. The molecule has 2 nitrogen and oxygen atoms in total. The fraction of sp³-hybridized carbons (Fsp3) is 0.455. The molecule has 0 fully saturated rings. The zero-order valence-electron chi connectivity index (χ0n) is 8.48. The van der Waals surface area contributed by atoms with Crippen molar-refractivity contribution in [3.63, 3.8) is 0 Å². The highest BCUT2D eigenvalue weighted by Gasteiger charge is 2.03. The van der Waals surface area contributed by atoms with E-state index in [0.717, 1.165) is 6.42 Å². The average Bonchev–Trinajstić information content (AvgIpc) is 2.15. The monoisotopic (exact) mass is 211 g/mol. The summed E-state index contributed by atoms with van der Waals surface area (Å²) in [5.41, 5.74) is 6.81. The van der Waals surface area contributed by atoms with Gasteiger partial charge in [-0.1, -0.05) is 30.3 Å². The van der Waals surface area contributed by atoms with Crippen LogP contribution in [0.5, 0.6) is 0 Å². The fourth-order valence-corrected chi connectivity index (χ4v) is 2.47. The van der Waals surface area contributed by atoms with Crippen molar-refractivity contribution in [1.29, 1.82) is 0 Å². The summed E-state index contributed by atoms with van der Waals surface area (Å²) < 4.78 is 11.5. The molecule has 0 aliphatic carbocycles. The molecule has 14 heavy (non-hydrogen) atoms. The van der Waals surface area contributed by atoms with E-state index in [1.807, 2.05) is 25.1 Å². The Morgan fingerprint density at radius 3 is 2.57 bits per heavy atom. The topological polar surface area (TPSA) is 43.1 Å². The molecule has 0 amide bonds. The van der Waals surface area contributed by atoms with E-state index in [4.69, 9.17) is 5.73 Å². The van der Waals surface area contributed by atoms with Crippen LogP contribution in [-0.4, -0.2) is 21.8 Å². The number of hydrogen-bond donors (Lipinski definition) is 1. The largest absolute Gasteiger partial charge is 0.327 e. The van der Waals surface area contributed by atoms with Crippen LogP contribution in [-0.2, 0) is 17.2 Å². The third-order valence-corrected chi connectivity index (χ3v) is 3.47. The predicted molar refractivity (Wildman–Crippen MR) is 61.7 cm³/mol. The van der Waals surface area contributed by atoms with Crippen LogP contribution in [0.15, 0.2) is 30.3 Å². The van der Waals surface area contributed by atoms with Crippen molar-refractivity contribution >= 4 is 10.8 Å². The molecule has 2 N–H and O–H groups in total. The number of rotatable bonds is 5. The van der Waals surface area contributed by atoms with Gasteiger partial charge < -0.3 is 5.73 Å². The minimum absolute atomic E-state index is 0.0339. The quantitative estimate of drug-likeness (QED) is 0.798. The fourth-order valence-electron chi connectivity index (χ4n) is 1.25. The molecule has 1 aromatic rings. The highest BCUT2D eigenvalue weighted by Crippen LogP contribution is 2.01. The van der Waals surface area contributed by atoms with Gasteiger partial charge in [0.2, 0.25) is 0 Å². The lowest BCUT2D eigenvalue weighted by Crippen LogP contribution is -2.24. The molecule has 0 heterocycles. The van der Waals surface area contributed by atoms with Gasteiger partial charge in [0.15, 0.2) is 0 Å². The molecule has 1 rings (SSSR count). The Hall–Kier alpha value is -0.670. The Morgan fingerprint density at radius 2 is 2.00 bits per heavy atom. The molecule has 0 aliphatic heterocycles. The molecule has 0 aromatic heterocycles. The number of hydrogen-bond acceptors (Lipinski definition) is 2. The lowest BCUT2D eigenvalue weighted by atomic mass is 10.2. The van der Waals surface area contributed by atoms with Crippen LogP contribution in [0.25, 0.3) is 0 Å². The summed E-state index contributed by atoms with van der Waals surface area (Å²) in [6.07, 6.45) is 0.875. The third-order valence-electron chi connectivity index (χ3n) is 1.91. The third kappa shape index (κ3) is 4.53. The van der Waals surface area contributed by atoms with Crippen LogP contribution >= 0.6 is 0 Å². The molecular weight excluding hydrogens is 194 g/mol. The molecule has 0 spiro atoms. The van der Waals surface area contributed by atoms with Gasteiger partial charge in [-0.3, -0.25) is 4.21 Å². The normalized spacial score (nSPS) is 15.0. The molecule has 3 heteroatoms. The first-order valence-corrected chi connectivity index (χ1v) is 6.32. The lowest BCUT2D eigenvalue weighted by molar-refractivity contribution is 0.676. The first kappa shape index (κ1) is 11.4. The highest BCUT2D eigenvalue weighted by atomic mass is 32.2. The van der Waals surface area contributed by atoms with E-state index in [2.05, 4.69) is 12.1 Å². The van der Waals surface area contributed by atoms with Gasteiger partial charge in [0, 0.05) is 28.3 Å². The van der Waals surface area contributed by atoms with E-state index < -0.39 is 10.8 Å². The summed E-state index contributed by atoms with van der Waals surface area (Å²) >= 11 is 0. The Morgan fingerprint density at radius 1 is 1.36 bits per heavy atom.